The standard InChI is InChI=1S/C15H25NO4/c1-2-15(10-17,11-18)16-12(19)8-14(9-13(16)20)6-4-3-5-7-14/h17-18H,2-11H2,1H3. The molecule has 2 fully saturated rings. The third kappa shape index (κ3) is 2.49. The van der Waals surface area contributed by atoms with Crippen LogP contribution in [0.1, 0.15) is 58.3 Å². The Morgan fingerprint density at radius 2 is 1.55 bits per heavy atom. The van der Waals surface area contributed by atoms with Crippen LogP contribution in [0.25, 0.3) is 0 Å². The first-order valence-electron chi connectivity index (χ1n) is 7.60. The average Bonchev–Trinajstić information content (AvgIpc) is 2.44. The Labute approximate surface area is 120 Å². The van der Waals surface area contributed by atoms with E-state index in [1.54, 1.807) is 6.92 Å². The molecule has 1 spiro atoms. The highest BCUT2D eigenvalue weighted by Crippen LogP contribution is 2.46. The highest BCUT2D eigenvalue weighted by atomic mass is 16.3. The molecule has 0 aromatic carbocycles. The number of hydrogen-bond donors (Lipinski definition) is 2. The van der Waals surface area contributed by atoms with Crippen molar-refractivity contribution in [3.05, 3.63) is 0 Å². The number of rotatable bonds is 4. The summed E-state index contributed by atoms with van der Waals surface area (Å²) in [5, 5.41) is 19.1. The second-order valence-corrected chi connectivity index (χ2v) is 6.43. The van der Waals surface area contributed by atoms with Gasteiger partial charge < -0.3 is 10.2 Å². The molecule has 0 aromatic rings. The number of aliphatic hydroxyl groups excluding tert-OH is 2. The molecular weight excluding hydrogens is 258 g/mol. The molecule has 1 heterocycles. The molecule has 1 saturated heterocycles. The van der Waals surface area contributed by atoms with E-state index in [9.17, 15) is 19.8 Å². The lowest BCUT2D eigenvalue weighted by Crippen LogP contribution is -2.62. The van der Waals surface area contributed by atoms with Crippen LogP contribution < -0.4 is 0 Å². The Morgan fingerprint density at radius 1 is 1.05 bits per heavy atom. The van der Waals surface area contributed by atoms with E-state index in [0.29, 0.717) is 19.3 Å². The Balaban J connectivity index is 2.23. The molecule has 0 radical (unpaired) electrons. The molecule has 5 nitrogen and oxygen atoms in total. The molecule has 1 aliphatic heterocycles. The summed E-state index contributed by atoms with van der Waals surface area (Å²) in [5.41, 5.74) is -1.29. The van der Waals surface area contributed by atoms with Gasteiger partial charge in [0.2, 0.25) is 11.8 Å². The average molecular weight is 283 g/mol. The van der Waals surface area contributed by atoms with Crippen molar-refractivity contribution in [2.75, 3.05) is 13.2 Å². The van der Waals surface area contributed by atoms with E-state index in [-0.39, 0.29) is 30.4 Å². The van der Waals surface area contributed by atoms with Gasteiger partial charge in [0.1, 0.15) is 0 Å². The van der Waals surface area contributed by atoms with Crippen LogP contribution in [0, 0.1) is 5.41 Å². The van der Waals surface area contributed by atoms with Crippen LogP contribution in [0.5, 0.6) is 0 Å². The van der Waals surface area contributed by atoms with Crippen molar-refractivity contribution in [1.82, 2.24) is 4.90 Å². The zero-order chi connectivity index (χ0) is 14.8. The molecule has 2 aliphatic rings. The van der Waals surface area contributed by atoms with E-state index in [2.05, 4.69) is 0 Å². The van der Waals surface area contributed by atoms with Gasteiger partial charge in [-0.1, -0.05) is 26.2 Å². The van der Waals surface area contributed by atoms with Crippen LogP contribution in [0.15, 0.2) is 0 Å². The molecule has 2 rings (SSSR count). The quantitative estimate of drug-likeness (QED) is 0.760. The van der Waals surface area contributed by atoms with Crippen molar-refractivity contribution >= 4 is 11.8 Å². The molecule has 2 N–H and O–H groups in total. The van der Waals surface area contributed by atoms with E-state index in [4.69, 9.17) is 0 Å². The molecule has 1 saturated carbocycles. The predicted octanol–water partition coefficient (Wildman–Crippen LogP) is 1.22. The van der Waals surface area contributed by atoms with Crippen molar-refractivity contribution in [2.45, 2.75) is 63.8 Å². The van der Waals surface area contributed by atoms with E-state index in [1.165, 1.54) is 6.42 Å². The first-order chi connectivity index (χ1) is 9.52. The van der Waals surface area contributed by atoms with Crippen molar-refractivity contribution in [2.24, 2.45) is 5.41 Å². The summed E-state index contributed by atoms with van der Waals surface area (Å²) >= 11 is 0. The van der Waals surface area contributed by atoms with Crippen LogP contribution in [-0.2, 0) is 9.59 Å². The summed E-state index contributed by atoms with van der Waals surface area (Å²) in [6, 6.07) is 0. The molecule has 114 valence electrons. The molecule has 0 bridgehead atoms. The van der Waals surface area contributed by atoms with Crippen LogP contribution in [0.4, 0.5) is 0 Å². The third-order valence-electron chi connectivity index (χ3n) is 5.19. The lowest BCUT2D eigenvalue weighted by molar-refractivity contribution is -0.167. The third-order valence-corrected chi connectivity index (χ3v) is 5.19. The summed E-state index contributed by atoms with van der Waals surface area (Å²) in [6.07, 6.45) is 6.34. The number of imide groups is 1. The smallest absolute Gasteiger partial charge is 0.230 e. The summed E-state index contributed by atoms with van der Waals surface area (Å²) in [6.45, 7) is 1.01. The Kier molecular flexibility index (Phi) is 4.49. The summed E-state index contributed by atoms with van der Waals surface area (Å²) in [7, 11) is 0. The number of nitrogens with zero attached hydrogens (tertiary/aromatic N) is 1. The van der Waals surface area contributed by atoms with Crippen LogP contribution in [-0.4, -0.2) is 45.7 Å². The number of piperidine rings is 1. The maximum absolute atomic E-state index is 12.5. The summed E-state index contributed by atoms with van der Waals surface area (Å²) < 4.78 is 0. The minimum atomic E-state index is -1.13. The van der Waals surface area contributed by atoms with Gasteiger partial charge in [0.15, 0.2) is 0 Å². The van der Waals surface area contributed by atoms with Gasteiger partial charge >= 0.3 is 0 Å². The van der Waals surface area contributed by atoms with Gasteiger partial charge in [-0.15, -0.1) is 0 Å². The lowest BCUT2D eigenvalue weighted by Gasteiger charge is -2.48. The Morgan fingerprint density at radius 3 is 1.95 bits per heavy atom. The van der Waals surface area contributed by atoms with Crippen LogP contribution in [0.2, 0.25) is 0 Å². The maximum Gasteiger partial charge on any atom is 0.230 e. The monoisotopic (exact) mass is 283 g/mol. The van der Waals surface area contributed by atoms with E-state index in [0.717, 1.165) is 30.6 Å². The first kappa shape index (κ1) is 15.4. The van der Waals surface area contributed by atoms with Gasteiger partial charge in [-0.3, -0.25) is 14.5 Å². The van der Waals surface area contributed by atoms with E-state index >= 15 is 0 Å². The number of hydrogen-bond acceptors (Lipinski definition) is 4. The maximum atomic E-state index is 12.5. The van der Waals surface area contributed by atoms with Crippen LogP contribution >= 0.6 is 0 Å². The lowest BCUT2D eigenvalue weighted by atomic mass is 9.67. The van der Waals surface area contributed by atoms with E-state index in [1.807, 2.05) is 0 Å². The van der Waals surface area contributed by atoms with Crippen LogP contribution in [0.3, 0.4) is 0 Å². The summed E-state index contributed by atoms with van der Waals surface area (Å²) in [5.74, 6) is -0.457. The topological polar surface area (TPSA) is 77.8 Å². The molecule has 20 heavy (non-hydrogen) atoms. The predicted molar refractivity (Wildman–Crippen MR) is 73.8 cm³/mol. The Bertz CT molecular complexity index is 355. The Hall–Kier alpha value is -0.940. The number of likely N-dealkylation sites (tertiary alicyclic amines) is 1. The molecule has 2 amide bonds. The minimum Gasteiger partial charge on any atom is -0.394 e. The zero-order valence-corrected chi connectivity index (χ0v) is 12.2. The van der Waals surface area contributed by atoms with Gasteiger partial charge in [0.05, 0.1) is 18.8 Å². The minimum absolute atomic E-state index is 0.159. The van der Waals surface area contributed by atoms with Gasteiger partial charge in [-0.2, -0.15) is 0 Å². The molecular formula is C15H25NO4. The number of amides is 2. The second kappa shape index (κ2) is 5.82. The highest BCUT2D eigenvalue weighted by Gasteiger charge is 2.50. The first-order valence-corrected chi connectivity index (χ1v) is 7.60. The van der Waals surface area contributed by atoms with Crippen molar-refractivity contribution in [3.63, 3.8) is 0 Å². The molecule has 0 atom stereocenters. The zero-order valence-electron chi connectivity index (χ0n) is 12.2. The van der Waals surface area contributed by atoms with Gasteiger partial charge in [0.25, 0.3) is 0 Å². The molecule has 0 aromatic heterocycles. The fourth-order valence-corrected chi connectivity index (χ4v) is 3.76. The largest absolute Gasteiger partial charge is 0.394 e. The highest BCUT2D eigenvalue weighted by molar-refractivity contribution is 5.99. The number of carbonyl (C=O) groups excluding carboxylic acids is 2. The van der Waals surface area contributed by atoms with Gasteiger partial charge in [0, 0.05) is 12.8 Å². The SMILES string of the molecule is CCC(CO)(CO)N1C(=O)CC2(CCCCC2)CC1=O. The molecule has 5 heteroatoms. The second-order valence-electron chi connectivity index (χ2n) is 6.43. The summed E-state index contributed by atoms with van der Waals surface area (Å²) in [4.78, 5) is 26.1. The van der Waals surface area contributed by atoms with Gasteiger partial charge in [-0.25, -0.2) is 0 Å². The van der Waals surface area contributed by atoms with Crippen molar-refractivity contribution in [1.29, 1.82) is 0 Å². The fraction of sp³-hybridized carbons (Fsp3) is 0.867. The normalized spacial score (nSPS) is 23.4. The molecule has 1 aliphatic carbocycles. The number of carbonyl (C=O) groups is 2. The van der Waals surface area contributed by atoms with Crippen molar-refractivity contribution in [3.8, 4) is 0 Å². The van der Waals surface area contributed by atoms with Crippen molar-refractivity contribution < 1.29 is 19.8 Å². The molecule has 0 unspecified atom stereocenters. The van der Waals surface area contributed by atoms with Gasteiger partial charge in [-0.05, 0) is 24.7 Å². The van der Waals surface area contributed by atoms with E-state index < -0.39 is 5.54 Å². The fourth-order valence-electron chi connectivity index (χ4n) is 3.76. The number of aliphatic hydroxyl groups is 2.